The smallest absolute Gasteiger partial charge is 0.291 e. The number of fused-ring (bicyclic) bond motifs is 2. The molecule has 0 spiro atoms. The molecule has 5 aromatic rings. The van der Waals surface area contributed by atoms with Gasteiger partial charge in [-0.2, -0.15) is 9.50 Å². The van der Waals surface area contributed by atoms with Crippen LogP contribution in [0.4, 0.5) is 0 Å². The molecule has 0 aliphatic carbocycles. The van der Waals surface area contributed by atoms with Gasteiger partial charge in [0, 0.05) is 11.6 Å². The van der Waals surface area contributed by atoms with Gasteiger partial charge in [0.15, 0.2) is 23.4 Å². The third-order valence-corrected chi connectivity index (χ3v) is 6.32. The highest BCUT2D eigenvalue weighted by molar-refractivity contribution is 7.15. The predicted octanol–water partition coefficient (Wildman–Crippen LogP) is 4.12. The normalized spacial score (nSPS) is 16.0. The molecule has 2 aromatic carbocycles. The summed E-state index contributed by atoms with van der Waals surface area (Å²) in [6.45, 7) is 0.277. The maximum Gasteiger partial charge on any atom is 0.291 e. The Balaban J connectivity index is 1.31. The molecule has 0 radical (unpaired) electrons. The Bertz CT molecular complexity index is 1570. The van der Waals surface area contributed by atoms with E-state index in [2.05, 4.69) is 10.1 Å². The molecule has 32 heavy (non-hydrogen) atoms. The summed E-state index contributed by atoms with van der Waals surface area (Å²) in [7, 11) is 0. The van der Waals surface area contributed by atoms with Crippen LogP contribution >= 0.6 is 22.9 Å². The second-order valence-electron chi connectivity index (χ2n) is 7.13. The van der Waals surface area contributed by atoms with Crippen molar-refractivity contribution in [1.82, 2.24) is 14.6 Å². The fourth-order valence-corrected chi connectivity index (χ4v) is 4.62. The third-order valence-electron chi connectivity index (χ3n) is 5.03. The predicted molar refractivity (Wildman–Crippen MR) is 120 cm³/mol. The van der Waals surface area contributed by atoms with Crippen LogP contribution in [0.2, 0.25) is 5.02 Å². The Morgan fingerprint density at radius 2 is 1.88 bits per heavy atom. The van der Waals surface area contributed by atoms with E-state index in [1.165, 1.54) is 15.9 Å². The molecule has 158 valence electrons. The second kappa shape index (κ2) is 7.51. The minimum absolute atomic E-state index is 0.267. The lowest BCUT2D eigenvalue weighted by Crippen LogP contribution is -2.26. The molecule has 1 aliphatic rings. The van der Waals surface area contributed by atoms with Crippen LogP contribution in [0.15, 0.2) is 69.9 Å². The summed E-state index contributed by atoms with van der Waals surface area (Å²) in [6.07, 6.45) is 1.20. The molecule has 0 N–H and O–H groups in total. The molecule has 9 heteroatoms. The molecule has 7 nitrogen and oxygen atoms in total. The van der Waals surface area contributed by atoms with E-state index in [4.69, 9.17) is 25.5 Å². The molecule has 0 bridgehead atoms. The average molecular weight is 464 g/mol. The molecule has 6 rings (SSSR count). The number of benzene rings is 2. The Hall–Kier alpha value is -3.62. The summed E-state index contributed by atoms with van der Waals surface area (Å²) in [5, 5.41) is 4.96. The van der Waals surface area contributed by atoms with Crippen LogP contribution in [-0.4, -0.2) is 21.2 Å². The van der Waals surface area contributed by atoms with Gasteiger partial charge in [-0.3, -0.25) is 4.79 Å². The number of rotatable bonds is 3. The number of halogens is 1. The van der Waals surface area contributed by atoms with Crippen molar-refractivity contribution in [3.05, 3.63) is 92.2 Å². The number of hydrogen-bond acceptors (Lipinski definition) is 7. The number of hydrogen-bond donors (Lipinski definition) is 0. The van der Waals surface area contributed by atoms with Crippen molar-refractivity contribution < 1.29 is 13.9 Å². The van der Waals surface area contributed by atoms with E-state index in [-0.39, 0.29) is 12.2 Å². The molecule has 0 saturated heterocycles. The van der Waals surface area contributed by atoms with Gasteiger partial charge in [-0.25, -0.2) is 0 Å². The van der Waals surface area contributed by atoms with E-state index < -0.39 is 6.10 Å². The summed E-state index contributed by atoms with van der Waals surface area (Å²) < 4.78 is 19.3. The molecule has 1 unspecified atom stereocenters. The van der Waals surface area contributed by atoms with E-state index in [1.54, 1.807) is 18.2 Å². The van der Waals surface area contributed by atoms with Crippen LogP contribution in [-0.2, 0) is 0 Å². The monoisotopic (exact) mass is 463 g/mol. The fraction of sp³-hybridized carbons (Fsp3) is 0.0870. The number of nitrogens with zero attached hydrogens (tertiary/aromatic N) is 3. The summed E-state index contributed by atoms with van der Waals surface area (Å²) in [5.41, 5.74) is 0.524. The van der Waals surface area contributed by atoms with Crippen molar-refractivity contribution in [2.75, 3.05) is 6.61 Å². The topological polar surface area (TPSA) is 78.9 Å². The van der Waals surface area contributed by atoms with E-state index in [1.807, 2.05) is 48.5 Å². The Morgan fingerprint density at radius 3 is 2.72 bits per heavy atom. The van der Waals surface area contributed by atoms with E-state index >= 15 is 0 Å². The molecule has 0 amide bonds. The first-order valence-electron chi connectivity index (χ1n) is 9.80. The van der Waals surface area contributed by atoms with Gasteiger partial charge >= 0.3 is 0 Å². The Morgan fingerprint density at radius 1 is 1.06 bits per heavy atom. The third kappa shape index (κ3) is 3.24. The molecule has 1 aliphatic heterocycles. The minimum atomic E-state index is -0.480. The van der Waals surface area contributed by atoms with Crippen LogP contribution < -0.4 is 19.6 Å². The van der Waals surface area contributed by atoms with Crippen LogP contribution in [0.3, 0.4) is 0 Å². The van der Waals surface area contributed by atoms with Crippen molar-refractivity contribution in [3.8, 4) is 22.8 Å². The lowest BCUT2D eigenvalue weighted by molar-refractivity contribution is 0.0852. The van der Waals surface area contributed by atoms with Gasteiger partial charge in [0.05, 0.1) is 5.02 Å². The summed E-state index contributed by atoms with van der Waals surface area (Å²) in [6, 6.07) is 18.5. The van der Waals surface area contributed by atoms with Crippen LogP contribution in [0.1, 0.15) is 17.7 Å². The quantitative estimate of drug-likeness (QED) is 0.400. The largest absolute Gasteiger partial charge is 0.485 e. The Kier molecular flexibility index (Phi) is 4.48. The number of furan rings is 1. The number of aromatic nitrogens is 3. The average Bonchev–Trinajstić information content (AvgIpc) is 3.51. The van der Waals surface area contributed by atoms with Gasteiger partial charge in [0.2, 0.25) is 4.96 Å². The standard InChI is InChI=1S/C23H14ClN3O4S/c24-15-6-2-1-5-14(15)16-10-9-13(30-16)11-20-22(28)27-23(32-20)25-21(26-27)19-12-29-17-7-3-4-8-18(17)31-19/h1-11,19H,12H2/b20-11-. The summed E-state index contributed by atoms with van der Waals surface area (Å²) >= 11 is 7.48. The van der Waals surface area contributed by atoms with Gasteiger partial charge in [0.25, 0.3) is 5.56 Å². The highest BCUT2D eigenvalue weighted by Gasteiger charge is 2.27. The number of thiazole rings is 1. The minimum Gasteiger partial charge on any atom is -0.485 e. The maximum absolute atomic E-state index is 12.9. The van der Waals surface area contributed by atoms with Gasteiger partial charge in [-0.1, -0.05) is 47.2 Å². The van der Waals surface area contributed by atoms with Crippen molar-refractivity contribution in [2.24, 2.45) is 0 Å². The maximum atomic E-state index is 12.9. The molecular formula is C23H14ClN3O4S. The summed E-state index contributed by atoms with van der Waals surface area (Å²) in [5.74, 6) is 2.90. The molecule has 0 fully saturated rings. The van der Waals surface area contributed by atoms with Crippen molar-refractivity contribution in [2.45, 2.75) is 6.10 Å². The zero-order valence-corrected chi connectivity index (χ0v) is 18.0. The van der Waals surface area contributed by atoms with Crippen LogP contribution in [0.5, 0.6) is 11.5 Å². The fourth-order valence-electron chi connectivity index (χ4n) is 3.50. The highest BCUT2D eigenvalue weighted by Crippen LogP contribution is 2.35. The van der Waals surface area contributed by atoms with Crippen molar-refractivity contribution >= 4 is 34.0 Å². The molecular weight excluding hydrogens is 450 g/mol. The molecule has 4 heterocycles. The van der Waals surface area contributed by atoms with Crippen molar-refractivity contribution in [3.63, 3.8) is 0 Å². The SMILES string of the molecule is O=c1/c(=C/c2ccc(-c3ccccc3Cl)o2)sc2nc(C3COc4ccccc4O3)nn12. The summed E-state index contributed by atoms with van der Waals surface area (Å²) in [4.78, 5) is 17.8. The highest BCUT2D eigenvalue weighted by atomic mass is 35.5. The first-order chi connectivity index (χ1) is 15.7. The van der Waals surface area contributed by atoms with Gasteiger partial charge in [0.1, 0.15) is 22.7 Å². The van der Waals surface area contributed by atoms with Gasteiger partial charge < -0.3 is 13.9 Å². The lowest BCUT2D eigenvalue weighted by Gasteiger charge is -2.24. The van der Waals surface area contributed by atoms with E-state index in [9.17, 15) is 4.79 Å². The van der Waals surface area contributed by atoms with Gasteiger partial charge in [-0.15, -0.1) is 5.10 Å². The zero-order valence-electron chi connectivity index (χ0n) is 16.4. The molecule has 3 aromatic heterocycles. The van der Waals surface area contributed by atoms with Crippen LogP contribution in [0, 0.1) is 0 Å². The van der Waals surface area contributed by atoms with Gasteiger partial charge in [-0.05, 0) is 36.4 Å². The molecule has 1 atom stereocenters. The first kappa shape index (κ1) is 19.1. The Labute approximate surface area is 190 Å². The van der Waals surface area contributed by atoms with Crippen LogP contribution in [0.25, 0.3) is 22.4 Å². The number of para-hydroxylation sites is 2. The van der Waals surface area contributed by atoms with E-state index in [0.29, 0.717) is 43.4 Å². The van der Waals surface area contributed by atoms with Crippen molar-refractivity contribution in [1.29, 1.82) is 0 Å². The first-order valence-corrected chi connectivity index (χ1v) is 11.0. The lowest BCUT2D eigenvalue weighted by atomic mass is 10.2. The molecule has 0 saturated carbocycles. The zero-order chi connectivity index (χ0) is 21.7. The number of ether oxygens (including phenoxy) is 2. The van der Waals surface area contributed by atoms with E-state index in [0.717, 1.165) is 5.56 Å². The second-order valence-corrected chi connectivity index (χ2v) is 8.54.